The molecule has 1 aliphatic heterocycles. The Labute approximate surface area is 166 Å². The highest BCUT2D eigenvalue weighted by molar-refractivity contribution is 5.29. The number of hydrogen-bond donors (Lipinski definition) is 2. The van der Waals surface area contributed by atoms with Crippen molar-refractivity contribution >= 4 is 0 Å². The van der Waals surface area contributed by atoms with Crippen LogP contribution in [0.1, 0.15) is 55.2 Å². The van der Waals surface area contributed by atoms with Crippen molar-refractivity contribution < 1.29 is 8.78 Å². The Bertz CT molecular complexity index is 776. The van der Waals surface area contributed by atoms with E-state index in [4.69, 9.17) is 0 Å². The molecule has 1 aliphatic carbocycles. The van der Waals surface area contributed by atoms with E-state index in [0.717, 1.165) is 61.9 Å². The van der Waals surface area contributed by atoms with Gasteiger partial charge in [-0.2, -0.15) is 0 Å². The molecule has 1 saturated carbocycles. The topological polar surface area (TPSA) is 24.1 Å². The molecule has 150 valence electrons. The van der Waals surface area contributed by atoms with E-state index in [-0.39, 0.29) is 17.2 Å². The molecule has 2 aromatic rings. The van der Waals surface area contributed by atoms with E-state index in [1.165, 1.54) is 12.8 Å². The highest BCUT2D eigenvalue weighted by Crippen LogP contribution is 2.39. The Kier molecular flexibility index (Phi) is 6.07. The van der Waals surface area contributed by atoms with Gasteiger partial charge in [0.2, 0.25) is 0 Å². The fourth-order valence-corrected chi connectivity index (χ4v) is 4.88. The second-order valence-corrected chi connectivity index (χ2v) is 8.47. The van der Waals surface area contributed by atoms with Crippen LogP contribution in [0.3, 0.4) is 0 Å². The number of nitrogens with one attached hydrogen (secondary N) is 2. The summed E-state index contributed by atoms with van der Waals surface area (Å²) in [5, 5.41) is 7.12. The molecule has 0 bridgehead atoms. The SMILES string of the molecule is Fc1ccc(C2(NCc3ccc(F)c(CC4CCNCC4)c3)CCCC2)cc1. The first kappa shape index (κ1) is 19.5. The number of halogens is 2. The Morgan fingerprint density at radius 3 is 2.39 bits per heavy atom. The molecule has 1 saturated heterocycles. The third kappa shape index (κ3) is 4.44. The molecule has 4 heteroatoms. The molecule has 0 radical (unpaired) electrons. The van der Waals surface area contributed by atoms with Gasteiger partial charge in [0, 0.05) is 12.1 Å². The Morgan fingerprint density at radius 1 is 0.964 bits per heavy atom. The molecule has 2 aromatic carbocycles. The van der Waals surface area contributed by atoms with Crippen molar-refractivity contribution in [2.75, 3.05) is 13.1 Å². The molecule has 28 heavy (non-hydrogen) atoms. The third-order valence-electron chi connectivity index (χ3n) is 6.56. The van der Waals surface area contributed by atoms with Crippen molar-refractivity contribution in [2.24, 2.45) is 5.92 Å². The average molecular weight is 385 g/mol. The van der Waals surface area contributed by atoms with Crippen molar-refractivity contribution in [3.63, 3.8) is 0 Å². The van der Waals surface area contributed by atoms with E-state index in [2.05, 4.69) is 10.6 Å². The van der Waals surface area contributed by atoms with Crippen LogP contribution in [-0.4, -0.2) is 13.1 Å². The second-order valence-electron chi connectivity index (χ2n) is 8.47. The molecule has 2 nitrogen and oxygen atoms in total. The molecule has 0 atom stereocenters. The molecular weight excluding hydrogens is 354 g/mol. The smallest absolute Gasteiger partial charge is 0.126 e. The fraction of sp³-hybridized carbons (Fsp3) is 0.500. The van der Waals surface area contributed by atoms with Gasteiger partial charge in [-0.25, -0.2) is 8.78 Å². The van der Waals surface area contributed by atoms with Gasteiger partial charge in [0.25, 0.3) is 0 Å². The summed E-state index contributed by atoms with van der Waals surface area (Å²) in [5.41, 5.74) is 3.02. The molecule has 2 aliphatic rings. The van der Waals surface area contributed by atoms with Crippen LogP contribution < -0.4 is 10.6 Å². The summed E-state index contributed by atoms with van der Waals surface area (Å²) in [7, 11) is 0. The van der Waals surface area contributed by atoms with E-state index in [0.29, 0.717) is 12.5 Å². The maximum Gasteiger partial charge on any atom is 0.126 e. The van der Waals surface area contributed by atoms with Crippen LogP contribution in [-0.2, 0) is 18.5 Å². The fourth-order valence-electron chi connectivity index (χ4n) is 4.88. The maximum atomic E-state index is 14.4. The minimum absolute atomic E-state index is 0.0867. The molecule has 1 heterocycles. The van der Waals surface area contributed by atoms with Gasteiger partial charge in [-0.1, -0.05) is 37.1 Å². The minimum Gasteiger partial charge on any atom is -0.317 e. The molecule has 2 fully saturated rings. The van der Waals surface area contributed by atoms with Crippen LogP contribution in [0.4, 0.5) is 8.78 Å². The summed E-state index contributed by atoms with van der Waals surface area (Å²) in [5.74, 6) is 0.286. The first-order valence-corrected chi connectivity index (χ1v) is 10.6. The Balaban J connectivity index is 1.47. The predicted octanol–water partition coefficient (Wildman–Crippen LogP) is 5.07. The lowest BCUT2D eigenvalue weighted by molar-refractivity contribution is 0.338. The third-order valence-corrected chi connectivity index (χ3v) is 6.56. The summed E-state index contributed by atoms with van der Waals surface area (Å²) in [6.07, 6.45) is 7.53. The minimum atomic E-state index is -0.196. The van der Waals surface area contributed by atoms with Gasteiger partial charge in [-0.15, -0.1) is 0 Å². The largest absolute Gasteiger partial charge is 0.317 e. The molecule has 0 amide bonds. The summed E-state index contributed by atoms with van der Waals surface area (Å²) in [4.78, 5) is 0. The van der Waals surface area contributed by atoms with E-state index in [1.54, 1.807) is 18.2 Å². The summed E-state index contributed by atoms with van der Waals surface area (Å²) < 4.78 is 27.7. The van der Waals surface area contributed by atoms with E-state index >= 15 is 0 Å². The molecule has 0 spiro atoms. The van der Waals surface area contributed by atoms with Gasteiger partial charge in [0.1, 0.15) is 11.6 Å². The number of hydrogen-bond acceptors (Lipinski definition) is 2. The van der Waals surface area contributed by atoms with Crippen molar-refractivity contribution in [1.29, 1.82) is 0 Å². The molecular formula is C24H30F2N2. The molecule has 0 aromatic heterocycles. The number of rotatable bonds is 6. The number of piperidine rings is 1. The molecule has 2 N–H and O–H groups in total. The van der Waals surface area contributed by atoms with Gasteiger partial charge >= 0.3 is 0 Å². The van der Waals surface area contributed by atoms with Crippen molar-refractivity contribution in [1.82, 2.24) is 10.6 Å². The van der Waals surface area contributed by atoms with Crippen LogP contribution in [0.2, 0.25) is 0 Å². The highest BCUT2D eigenvalue weighted by Gasteiger charge is 2.35. The van der Waals surface area contributed by atoms with Crippen LogP contribution in [0.15, 0.2) is 42.5 Å². The summed E-state index contributed by atoms with van der Waals surface area (Å²) >= 11 is 0. The first-order valence-electron chi connectivity index (χ1n) is 10.6. The first-order chi connectivity index (χ1) is 13.6. The lowest BCUT2D eigenvalue weighted by Gasteiger charge is -2.31. The quantitative estimate of drug-likeness (QED) is 0.727. The summed E-state index contributed by atoms with van der Waals surface area (Å²) in [6.45, 7) is 2.78. The lowest BCUT2D eigenvalue weighted by Crippen LogP contribution is -2.39. The van der Waals surface area contributed by atoms with Crippen molar-refractivity contribution in [3.05, 3.63) is 70.8 Å². The van der Waals surface area contributed by atoms with E-state index in [9.17, 15) is 8.78 Å². The van der Waals surface area contributed by atoms with Crippen molar-refractivity contribution in [2.45, 2.75) is 57.0 Å². The highest BCUT2D eigenvalue weighted by atomic mass is 19.1. The monoisotopic (exact) mass is 384 g/mol. The predicted molar refractivity (Wildman–Crippen MR) is 109 cm³/mol. The van der Waals surface area contributed by atoms with Crippen LogP contribution >= 0.6 is 0 Å². The molecule has 0 unspecified atom stereocenters. The Hall–Kier alpha value is -1.78. The second kappa shape index (κ2) is 8.71. The van der Waals surface area contributed by atoms with Gasteiger partial charge < -0.3 is 10.6 Å². The zero-order valence-electron chi connectivity index (χ0n) is 16.4. The number of benzene rings is 2. The van der Waals surface area contributed by atoms with Crippen LogP contribution in [0.25, 0.3) is 0 Å². The van der Waals surface area contributed by atoms with Gasteiger partial charge in [-0.05, 0) is 86.0 Å². The Morgan fingerprint density at radius 2 is 1.68 bits per heavy atom. The van der Waals surface area contributed by atoms with E-state index < -0.39 is 0 Å². The van der Waals surface area contributed by atoms with Gasteiger partial charge in [0.15, 0.2) is 0 Å². The van der Waals surface area contributed by atoms with Gasteiger partial charge in [-0.3, -0.25) is 0 Å². The lowest BCUT2D eigenvalue weighted by atomic mass is 9.87. The van der Waals surface area contributed by atoms with E-state index in [1.807, 2.05) is 24.3 Å². The average Bonchev–Trinajstić information content (AvgIpc) is 3.20. The summed E-state index contributed by atoms with van der Waals surface area (Å²) in [6, 6.07) is 12.5. The van der Waals surface area contributed by atoms with Crippen LogP contribution in [0, 0.1) is 17.6 Å². The maximum absolute atomic E-state index is 14.4. The zero-order valence-corrected chi connectivity index (χ0v) is 16.4. The van der Waals surface area contributed by atoms with Crippen molar-refractivity contribution in [3.8, 4) is 0 Å². The van der Waals surface area contributed by atoms with Crippen LogP contribution in [0.5, 0.6) is 0 Å². The standard InChI is InChI=1S/C24H30F2N2/c25-22-6-4-21(5-7-22)24(11-1-2-12-24)28-17-19-3-8-23(26)20(16-19)15-18-9-13-27-14-10-18/h3-8,16,18,27-28H,1-2,9-15,17H2. The van der Waals surface area contributed by atoms with Gasteiger partial charge in [0.05, 0.1) is 0 Å². The normalized spacial score (nSPS) is 19.8. The molecule has 4 rings (SSSR count). The zero-order chi connectivity index (χ0) is 19.4.